The second-order valence-corrected chi connectivity index (χ2v) is 16.1. The maximum atomic E-state index is 5.70. The number of aromatic nitrogens is 4. The molecule has 0 amide bonds. The van der Waals surface area contributed by atoms with Crippen molar-refractivity contribution in [2.75, 3.05) is 0 Å². The highest BCUT2D eigenvalue weighted by Gasteiger charge is 2.27. The number of fused-ring (bicyclic) bond motifs is 10. The number of allylic oxidation sites excluding steroid dienone is 1. The first-order chi connectivity index (χ1) is 27.7. The summed E-state index contributed by atoms with van der Waals surface area (Å²) < 4.78 is 7.03. The van der Waals surface area contributed by atoms with E-state index in [0.717, 1.165) is 50.0 Å². The van der Waals surface area contributed by atoms with E-state index in [4.69, 9.17) is 9.97 Å². The molecule has 11 aromatic rings. The second kappa shape index (κ2) is 12.1. The third-order valence-electron chi connectivity index (χ3n) is 11.7. The molecule has 264 valence electrons. The Balaban J connectivity index is 1.22. The van der Waals surface area contributed by atoms with E-state index in [-0.39, 0.29) is 0 Å². The van der Waals surface area contributed by atoms with Crippen LogP contribution in [0.2, 0.25) is 0 Å². The highest BCUT2D eigenvalue weighted by Crippen LogP contribution is 2.46. The smallest absolute Gasteiger partial charge is 0.235 e. The predicted molar refractivity (Wildman–Crippen MR) is 236 cm³/mol. The van der Waals surface area contributed by atoms with Crippen molar-refractivity contribution in [3.8, 4) is 34.0 Å². The summed E-state index contributed by atoms with van der Waals surface area (Å²) in [4.78, 5) is 11.3. The van der Waals surface area contributed by atoms with Crippen LogP contribution in [0.3, 0.4) is 0 Å². The number of nitrogens with zero attached hydrogens (tertiary/aromatic N) is 4. The first kappa shape index (κ1) is 31.5. The molecule has 0 bridgehead atoms. The SMILES string of the molecule is CC1C=Cc2c(c3c(-c4nc(-n5c6ccccc6c6cc7ccccc7cc65)nc5c4sc4ccc(-c6ccccc6)cc45)cccc3n2-c2ccccc2)C1. The Bertz CT molecular complexity index is 3400. The van der Waals surface area contributed by atoms with Crippen LogP contribution in [0.5, 0.6) is 0 Å². The van der Waals surface area contributed by atoms with Crippen LogP contribution in [-0.2, 0) is 6.42 Å². The van der Waals surface area contributed by atoms with Crippen molar-refractivity contribution in [3.05, 3.63) is 175 Å². The summed E-state index contributed by atoms with van der Waals surface area (Å²) in [5.41, 5.74) is 12.7. The van der Waals surface area contributed by atoms with E-state index >= 15 is 0 Å². The van der Waals surface area contributed by atoms with Gasteiger partial charge in [0.05, 0.1) is 32.5 Å². The summed E-state index contributed by atoms with van der Waals surface area (Å²) in [6.07, 6.45) is 5.64. The van der Waals surface area contributed by atoms with Gasteiger partial charge in [-0.25, -0.2) is 9.97 Å². The van der Waals surface area contributed by atoms with E-state index in [0.29, 0.717) is 11.9 Å². The molecule has 56 heavy (non-hydrogen) atoms. The molecular formula is C51H34N4S. The van der Waals surface area contributed by atoms with E-state index in [2.05, 4.69) is 186 Å². The average Bonchev–Trinajstić information content (AvgIpc) is 3.90. The summed E-state index contributed by atoms with van der Waals surface area (Å²) in [7, 11) is 0. The molecule has 12 rings (SSSR count). The van der Waals surface area contributed by atoms with Gasteiger partial charge in [-0.15, -0.1) is 11.3 Å². The van der Waals surface area contributed by atoms with E-state index in [1.165, 1.54) is 59.5 Å². The number of hydrogen-bond donors (Lipinski definition) is 0. The fraction of sp³-hybridized carbons (Fsp3) is 0.0588. The Kier molecular flexibility index (Phi) is 6.81. The second-order valence-electron chi connectivity index (χ2n) is 15.1. The van der Waals surface area contributed by atoms with Gasteiger partial charge < -0.3 is 4.57 Å². The molecule has 1 aliphatic carbocycles. The molecule has 0 saturated carbocycles. The number of para-hydroxylation sites is 2. The lowest BCUT2D eigenvalue weighted by molar-refractivity contribution is 0.718. The van der Waals surface area contributed by atoms with E-state index in [9.17, 15) is 0 Å². The van der Waals surface area contributed by atoms with Crippen LogP contribution in [0.4, 0.5) is 0 Å². The topological polar surface area (TPSA) is 35.6 Å². The van der Waals surface area contributed by atoms with Gasteiger partial charge in [-0.3, -0.25) is 4.57 Å². The highest BCUT2D eigenvalue weighted by atomic mass is 32.1. The molecule has 1 aliphatic rings. The fourth-order valence-electron chi connectivity index (χ4n) is 9.11. The van der Waals surface area contributed by atoms with Gasteiger partial charge in [-0.2, -0.15) is 0 Å². The van der Waals surface area contributed by atoms with Crippen LogP contribution < -0.4 is 0 Å². The average molecular weight is 735 g/mol. The van der Waals surface area contributed by atoms with Gasteiger partial charge >= 0.3 is 0 Å². The van der Waals surface area contributed by atoms with E-state index in [1.807, 2.05) is 0 Å². The van der Waals surface area contributed by atoms with Gasteiger partial charge in [0.15, 0.2) is 0 Å². The molecule has 7 aromatic carbocycles. The van der Waals surface area contributed by atoms with Crippen LogP contribution in [0.25, 0.3) is 104 Å². The summed E-state index contributed by atoms with van der Waals surface area (Å²) >= 11 is 1.80. The molecule has 0 radical (unpaired) electrons. The molecule has 1 atom stereocenters. The van der Waals surface area contributed by atoms with Gasteiger partial charge in [0.2, 0.25) is 5.95 Å². The van der Waals surface area contributed by atoms with Crippen molar-refractivity contribution >= 4 is 81.2 Å². The Labute approximate surface area is 327 Å². The van der Waals surface area contributed by atoms with E-state index in [1.54, 1.807) is 11.3 Å². The normalized spacial score (nSPS) is 14.2. The zero-order valence-corrected chi connectivity index (χ0v) is 31.5. The van der Waals surface area contributed by atoms with Crippen molar-refractivity contribution in [3.63, 3.8) is 0 Å². The number of thiophene rings is 1. The largest absolute Gasteiger partial charge is 0.310 e. The van der Waals surface area contributed by atoms with Gasteiger partial charge in [-0.05, 0) is 94.4 Å². The van der Waals surface area contributed by atoms with Crippen molar-refractivity contribution in [2.45, 2.75) is 13.3 Å². The van der Waals surface area contributed by atoms with Crippen LogP contribution in [0.15, 0.2) is 164 Å². The molecular weight excluding hydrogens is 701 g/mol. The minimum Gasteiger partial charge on any atom is -0.310 e. The molecule has 0 aliphatic heterocycles. The van der Waals surface area contributed by atoms with Gasteiger partial charge in [0.25, 0.3) is 0 Å². The van der Waals surface area contributed by atoms with Gasteiger partial charge in [0.1, 0.15) is 0 Å². The third kappa shape index (κ3) is 4.64. The van der Waals surface area contributed by atoms with Crippen LogP contribution >= 0.6 is 11.3 Å². The summed E-state index contributed by atoms with van der Waals surface area (Å²) in [5.74, 6) is 1.11. The minimum atomic E-state index is 0.430. The van der Waals surface area contributed by atoms with Crippen LogP contribution in [0.1, 0.15) is 18.2 Å². The van der Waals surface area contributed by atoms with Gasteiger partial charge in [-0.1, -0.05) is 122 Å². The standard InChI is InChI=1S/C51H34N4S/c1-31-23-25-43-40(27-31)47-38(20-12-22-44(47)54(43)36-17-6-3-7-18-36)48-50-49(41-29-35(24-26-46(41)56-50)32-13-4-2-5-14-32)53-51(52-48)55-42-21-11-10-19-37(42)39-28-33-15-8-9-16-34(33)30-45(39)55/h2-26,28-31H,27H2,1H3. The summed E-state index contributed by atoms with van der Waals surface area (Å²) in [6, 6.07) is 56.9. The van der Waals surface area contributed by atoms with Crippen molar-refractivity contribution in [1.82, 2.24) is 19.1 Å². The summed E-state index contributed by atoms with van der Waals surface area (Å²) in [6.45, 7) is 2.32. The molecule has 1 unspecified atom stereocenters. The zero-order valence-electron chi connectivity index (χ0n) is 30.6. The molecule has 0 saturated heterocycles. The molecule has 4 heterocycles. The van der Waals surface area contributed by atoms with Crippen LogP contribution in [-0.4, -0.2) is 19.1 Å². The Morgan fingerprint density at radius 3 is 2.20 bits per heavy atom. The zero-order chi connectivity index (χ0) is 36.9. The molecule has 0 spiro atoms. The Morgan fingerprint density at radius 2 is 1.34 bits per heavy atom. The molecule has 4 aromatic heterocycles. The fourth-order valence-corrected chi connectivity index (χ4v) is 10.2. The Hall–Kier alpha value is -6.82. The Morgan fingerprint density at radius 1 is 0.589 bits per heavy atom. The van der Waals surface area contributed by atoms with Crippen molar-refractivity contribution in [2.24, 2.45) is 5.92 Å². The minimum absolute atomic E-state index is 0.430. The lowest BCUT2D eigenvalue weighted by Crippen LogP contribution is -2.05. The third-order valence-corrected chi connectivity index (χ3v) is 12.8. The van der Waals surface area contributed by atoms with E-state index < -0.39 is 0 Å². The lowest BCUT2D eigenvalue weighted by atomic mass is 9.91. The first-order valence-corrected chi connectivity index (χ1v) is 20.1. The molecule has 5 heteroatoms. The van der Waals surface area contributed by atoms with Crippen molar-refractivity contribution < 1.29 is 0 Å². The predicted octanol–water partition coefficient (Wildman–Crippen LogP) is 13.6. The van der Waals surface area contributed by atoms with Crippen LogP contribution in [0, 0.1) is 5.92 Å². The number of rotatable bonds is 4. The molecule has 0 N–H and O–H groups in total. The maximum Gasteiger partial charge on any atom is 0.235 e. The van der Waals surface area contributed by atoms with Crippen molar-refractivity contribution in [1.29, 1.82) is 0 Å². The quantitative estimate of drug-likeness (QED) is 0.180. The maximum absolute atomic E-state index is 5.70. The molecule has 0 fully saturated rings. The number of hydrogen-bond acceptors (Lipinski definition) is 3. The molecule has 4 nitrogen and oxygen atoms in total. The monoisotopic (exact) mass is 734 g/mol. The first-order valence-electron chi connectivity index (χ1n) is 19.3. The lowest BCUT2D eigenvalue weighted by Gasteiger charge is -2.16. The number of benzene rings is 7. The van der Waals surface area contributed by atoms with Gasteiger partial charge in [0, 0.05) is 43.2 Å². The highest BCUT2D eigenvalue weighted by molar-refractivity contribution is 7.26. The summed E-state index contributed by atoms with van der Waals surface area (Å²) in [5, 5.41) is 7.22.